The summed E-state index contributed by atoms with van der Waals surface area (Å²) in [5.41, 5.74) is 2.38. The molecule has 2 heterocycles. The van der Waals surface area contributed by atoms with Crippen LogP contribution in [-0.2, 0) is 11.3 Å². The molecule has 0 aliphatic carbocycles. The Morgan fingerprint density at radius 3 is 2.79 bits per heavy atom. The van der Waals surface area contributed by atoms with E-state index in [1.807, 2.05) is 13.0 Å². The Hall–Kier alpha value is -2.27. The summed E-state index contributed by atoms with van der Waals surface area (Å²) in [4.78, 5) is 18.8. The summed E-state index contributed by atoms with van der Waals surface area (Å²) < 4.78 is 18.8. The van der Waals surface area contributed by atoms with Crippen molar-refractivity contribution in [3.8, 4) is 0 Å². The van der Waals surface area contributed by atoms with Crippen LogP contribution in [0.3, 0.4) is 0 Å². The topological polar surface area (TPSA) is 42.4 Å². The quantitative estimate of drug-likeness (QED) is 0.845. The molecular formula is C19H21FN2O2. The van der Waals surface area contributed by atoms with Crippen LogP contribution in [0.1, 0.15) is 34.3 Å². The van der Waals surface area contributed by atoms with Gasteiger partial charge in [-0.2, -0.15) is 0 Å². The Labute approximate surface area is 141 Å². The Kier molecular flexibility index (Phi) is 5.20. The minimum absolute atomic E-state index is 0.0615. The number of amides is 1. The molecule has 1 fully saturated rings. The van der Waals surface area contributed by atoms with Crippen molar-refractivity contribution in [2.24, 2.45) is 0 Å². The molecule has 1 aromatic carbocycles. The van der Waals surface area contributed by atoms with Gasteiger partial charge in [0.05, 0.1) is 11.7 Å². The third-order valence-corrected chi connectivity index (χ3v) is 4.29. The predicted molar refractivity (Wildman–Crippen MR) is 89.1 cm³/mol. The largest absolute Gasteiger partial charge is 0.376 e. The molecule has 3 rings (SSSR count). The summed E-state index contributed by atoms with van der Waals surface area (Å²) >= 11 is 0. The number of hydrogen-bond donors (Lipinski definition) is 0. The van der Waals surface area contributed by atoms with Crippen molar-refractivity contribution in [2.75, 3.05) is 13.2 Å². The second-order valence-corrected chi connectivity index (χ2v) is 6.14. The Bertz CT molecular complexity index is 697. The molecule has 1 aliphatic heterocycles. The normalized spacial score (nSPS) is 17.0. The van der Waals surface area contributed by atoms with Crippen molar-refractivity contribution in [3.05, 3.63) is 65.2 Å². The van der Waals surface area contributed by atoms with E-state index in [2.05, 4.69) is 4.98 Å². The van der Waals surface area contributed by atoms with Crippen LogP contribution in [0.15, 0.2) is 42.7 Å². The lowest BCUT2D eigenvalue weighted by Crippen LogP contribution is -2.37. The summed E-state index contributed by atoms with van der Waals surface area (Å²) in [5, 5.41) is 0. The molecule has 126 valence electrons. The molecule has 24 heavy (non-hydrogen) atoms. The molecule has 0 N–H and O–H groups in total. The fraction of sp³-hybridized carbons (Fsp3) is 0.368. The lowest BCUT2D eigenvalue weighted by atomic mass is 10.1. The number of aryl methyl sites for hydroxylation is 1. The van der Waals surface area contributed by atoms with Gasteiger partial charge in [-0.25, -0.2) is 4.39 Å². The van der Waals surface area contributed by atoms with E-state index < -0.39 is 0 Å². The molecular weight excluding hydrogens is 307 g/mol. The maximum absolute atomic E-state index is 13.1. The highest BCUT2D eigenvalue weighted by Gasteiger charge is 2.24. The number of carbonyl (C=O) groups is 1. The van der Waals surface area contributed by atoms with Gasteiger partial charge < -0.3 is 9.64 Å². The van der Waals surface area contributed by atoms with E-state index in [9.17, 15) is 9.18 Å². The smallest absolute Gasteiger partial charge is 0.256 e. The predicted octanol–water partition coefficient (Wildman–Crippen LogP) is 3.35. The van der Waals surface area contributed by atoms with Crippen LogP contribution >= 0.6 is 0 Å². The van der Waals surface area contributed by atoms with Gasteiger partial charge in [0.15, 0.2) is 0 Å². The van der Waals surface area contributed by atoms with Gasteiger partial charge in [0.1, 0.15) is 5.82 Å². The Morgan fingerprint density at radius 1 is 1.33 bits per heavy atom. The SMILES string of the molecule is Cc1ccncc1C(=O)N(Cc1ccc(F)cc1)CC1CCCO1. The first kappa shape index (κ1) is 16.6. The Balaban J connectivity index is 1.81. The number of benzene rings is 1. The van der Waals surface area contributed by atoms with Gasteiger partial charge in [0, 0.05) is 32.1 Å². The van der Waals surface area contributed by atoms with Gasteiger partial charge in [0.2, 0.25) is 0 Å². The van der Waals surface area contributed by atoms with E-state index in [1.165, 1.54) is 12.1 Å². The molecule has 5 heteroatoms. The monoisotopic (exact) mass is 328 g/mol. The standard InChI is InChI=1S/C19H21FN2O2/c1-14-8-9-21-11-18(14)19(23)22(13-17-3-2-10-24-17)12-15-4-6-16(20)7-5-15/h4-9,11,17H,2-3,10,12-13H2,1H3. The molecule has 0 bridgehead atoms. The van der Waals surface area contributed by atoms with Gasteiger partial charge in [-0.3, -0.25) is 9.78 Å². The van der Waals surface area contributed by atoms with Gasteiger partial charge in [-0.05, 0) is 49.1 Å². The summed E-state index contributed by atoms with van der Waals surface area (Å²) in [6.07, 6.45) is 5.32. The van der Waals surface area contributed by atoms with E-state index in [-0.39, 0.29) is 17.8 Å². The van der Waals surface area contributed by atoms with Crippen LogP contribution in [-0.4, -0.2) is 35.0 Å². The van der Waals surface area contributed by atoms with Crippen LogP contribution < -0.4 is 0 Å². The number of nitrogens with zero attached hydrogens (tertiary/aromatic N) is 2. The fourth-order valence-corrected chi connectivity index (χ4v) is 2.92. The maximum Gasteiger partial charge on any atom is 0.256 e. The first-order valence-electron chi connectivity index (χ1n) is 8.19. The third-order valence-electron chi connectivity index (χ3n) is 4.29. The summed E-state index contributed by atoms with van der Waals surface area (Å²) in [6.45, 7) is 3.60. The van der Waals surface area contributed by atoms with Gasteiger partial charge >= 0.3 is 0 Å². The number of rotatable bonds is 5. The van der Waals surface area contributed by atoms with Crippen LogP contribution in [0.2, 0.25) is 0 Å². The number of carbonyl (C=O) groups excluding carboxylic acids is 1. The van der Waals surface area contributed by atoms with Crippen molar-refractivity contribution >= 4 is 5.91 Å². The van der Waals surface area contributed by atoms with E-state index >= 15 is 0 Å². The lowest BCUT2D eigenvalue weighted by molar-refractivity contribution is 0.0506. The number of halogens is 1. The van der Waals surface area contributed by atoms with E-state index in [4.69, 9.17) is 4.74 Å². The first-order valence-corrected chi connectivity index (χ1v) is 8.19. The van der Waals surface area contributed by atoms with Gasteiger partial charge in [-0.1, -0.05) is 12.1 Å². The highest BCUT2D eigenvalue weighted by Crippen LogP contribution is 2.18. The van der Waals surface area contributed by atoms with Crippen molar-refractivity contribution in [1.82, 2.24) is 9.88 Å². The fourth-order valence-electron chi connectivity index (χ4n) is 2.92. The molecule has 2 aromatic rings. The molecule has 0 spiro atoms. The average molecular weight is 328 g/mol. The minimum Gasteiger partial charge on any atom is -0.376 e. The van der Waals surface area contributed by atoms with Crippen molar-refractivity contribution in [1.29, 1.82) is 0 Å². The average Bonchev–Trinajstić information content (AvgIpc) is 3.09. The highest BCUT2D eigenvalue weighted by atomic mass is 19.1. The first-order chi connectivity index (χ1) is 11.6. The zero-order chi connectivity index (χ0) is 16.9. The van der Waals surface area contributed by atoms with Gasteiger partial charge in [0.25, 0.3) is 5.91 Å². The second-order valence-electron chi connectivity index (χ2n) is 6.14. The summed E-state index contributed by atoms with van der Waals surface area (Å²) in [5.74, 6) is -0.348. The number of pyridine rings is 1. The summed E-state index contributed by atoms with van der Waals surface area (Å²) in [7, 11) is 0. The van der Waals surface area contributed by atoms with Crippen LogP contribution in [0.5, 0.6) is 0 Å². The van der Waals surface area contributed by atoms with Gasteiger partial charge in [-0.15, -0.1) is 0 Å². The second kappa shape index (κ2) is 7.53. The molecule has 1 aliphatic rings. The maximum atomic E-state index is 13.1. The molecule has 1 saturated heterocycles. The zero-order valence-corrected chi connectivity index (χ0v) is 13.7. The minimum atomic E-state index is -0.279. The highest BCUT2D eigenvalue weighted by molar-refractivity contribution is 5.95. The lowest BCUT2D eigenvalue weighted by Gasteiger charge is -2.26. The molecule has 1 unspecified atom stereocenters. The van der Waals surface area contributed by atoms with Crippen LogP contribution in [0, 0.1) is 12.7 Å². The van der Waals surface area contributed by atoms with E-state index in [0.29, 0.717) is 18.7 Å². The van der Waals surface area contributed by atoms with E-state index in [0.717, 1.165) is 30.6 Å². The molecule has 1 atom stereocenters. The van der Waals surface area contributed by atoms with Crippen molar-refractivity contribution in [2.45, 2.75) is 32.4 Å². The van der Waals surface area contributed by atoms with E-state index in [1.54, 1.807) is 29.4 Å². The van der Waals surface area contributed by atoms with Crippen LogP contribution in [0.25, 0.3) is 0 Å². The Morgan fingerprint density at radius 2 is 2.12 bits per heavy atom. The third kappa shape index (κ3) is 3.97. The molecule has 0 radical (unpaired) electrons. The molecule has 0 saturated carbocycles. The molecule has 1 amide bonds. The number of hydrogen-bond acceptors (Lipinski definition) is 3. The number of aromatic nitrogens is 1. The summed E-state index contributed by atoms with van der Waals surface area (Å²) in [6, 6.07) is 8.08. The molecule has 1 aromatic heterocycles. The molecule has 4 nitrogen and oxygen atoms in total. The van der Waals surface area contributed by atoms with Crippen molar-refractivity contribution in [3.63, 3.8) is 0 Å². The van der Waals surface area contributed by atoms with Crippen LogP contribution in [0.4, 0.5) is 4.39 Å². The number of ether oxygens (including phenoxy) is 1. The zero-order valence-electron chi connectivity index (χ0n) is 13.7. The van der Waals surface area contributed by atoms with Crippen molar-refractivity contribution < 1.29 is 13.9 Å².